The zero-order chi connectivity index (χ0) is 28.8. The lowest BCUT2D eigenvalue weighted by Gasteiger charge is -2.19. The molecule has 1 atom stereocenters. The van der Waals surface area contributed by atoms with Crippen molar-refractivity contribution in [2.24, 2.45) is 0 Å². The fraction of sp³-hybridized carbons (Fsp3) is 0.321. The highest BCUT2D eigenvalue weighted by Gasteiger charge is 2.27. The molecule has 0 bridgehead atoms. The Morgan fingerprint density at radius 1 is 1.00 bits per heavy atom. The van der Waals surface area contributed by atoms with Crippen molar-refractivity contribution in [1.82, 2.24) is 24.9 Å². The molecule has 0 amide bonds. The van der Waals surface area contributed by atoms with E-state index in [1.165, 1.54) is 31.8 Å². The lowest BCUT2D eigenvalue weighted by Crippen LogP contribution is -2.19. The molecule has 1 fully saturated rings. The van der Waals surface area contributed by atoms with Gasteiger partial charge >= 0.3 is 0 Å². The summed E-state index contributed by atoms with van der Waals surface area (Å²) >= 11 is 0. The van der Waals surface area contributed by atoms with Crippen LogP contribution in [0.15, 0.2) is 66.1 Å². The van der Waals surface area contributed by atoms with Gasteiger partial charge in [-0.3, -0.25) is 4.72 Å². The molecule has 1 unspecified atom stereocenters. The number of nitrogens with one attached hydrogen (secondary N) is 1. The number of para-hydroxylation sites is 2. The molecule has 4 heterocycles. The van der Waals surface area contributed by atoms with Gasteiger partial charge in [0.05, 0.1) is 13.2 Å². The van der Waals surface area contributed by atoms with Crippen molar-refractivity contribution in [1.29, 1.82) is 0 Å². The molecule has 0 spiro atoms. The number of rotatable bonds is 11. The monoisotopic (exact) mass is 578 g/mol. The Kier molecular flexibility index (Phi) is 8.55. The molecule has 5 rings (SSSR count). The first-order valence-electron chi connectivity index (χ1n) is 13.1. The van der Waals surface area contributed by atoms with Crippen molar-refractivity contribution in [3.05, 3.63) is 66.6 Å². The van der Waals surface area contributed by atoms with Gasteiger partial charge in [0, 0.05) is 25.2 Å². The van der Waals surface area contributed by atoms with E-state index in [0.717, 1.165) is 18.4 Å². The van der Waals surface area contributed by atoms with E-state index >= 15 is 0 Å². The predicted molar refractivity (Wildman–Crippen MR) is 150 cm³/mol. The van der Waals surface area contributed by atoms with Gasteiger partial charge < -0.3 is 18.9 Å². The SMILES string of the molecule is COc1ccccc1Oc1c(NS(=O)(=O)c2ccc(C(C)C)cn2)nc(-c2ncccn2)nc1OCC1CCCO1. The van der Waals surface area contributed by atoms with E-state index in [1.807, 2.05) is 13.8 Å². The number of sulfonamides is 1. The van der Waals surface area contributed by atoms with Crippen LogP contribution in [0, 0.1) is 0 Å². The van der Waals surface area contributed by atoms with Crippen LogP contribution in [-0.4, -0.2) is 59.8 Å². The van der Waals surface area contributed by atoms with E-state index in [0.29, 0.717) is 18.1 Å². The van der Waals surface area contributed by atoms with E-state index in [4.69, 9.17) is 18.9 Å². The van der Waals surface area contributed by atoms with E-state index < -0.39 is 10.0 Å². The van der Waals surface area contributed by atoms with E-state index in [9.17, 15) is 8.42 Å². The van der Waals surface area contributed by atoms with Gasteiger partial charge in [-0.25, -0.2) is 19.9 Å². The molecule has 1 aliphatic heterocycles. The van der Waals surface area contributed by atoms with Crippen LogP contribution >= 0.6 is 0 Å². The molecule has 0 saturated carbocycles. The predicted octanol–water partition coefficient (Wildman–Crippen LogP) is 4.61. The highest BCUT2D eigenvalue weighted by molar-refractivity contribution is 7.92. The standard InChI is InChI=1S/C28H30N6O6S/c1-18(2)19-11-12-23(31-16-19)41(35,36)34-25-24(40-22-10-5-4-9-21(22)37-3)28(39-17-20-8-6-15-38-20)33-27(32-25)26-29-13-7-14-30-26/h4-5,7,9-14,16,18,20H,6,8,15,17H2,1-3H3,(H,32,33,34). The number of pyridine rings is 1. The second kappa shape index (κ2) is 12.4. The van der Waals surface area contributed by atoms with Crippen molar-refractivity contribution < 1.29 is 27.4 Å². The minimum absolute atomic E-state index is 0.0234. The molecule has 41 heavy (non-hydrogen) atoms. The second-order valence-corrected chi connectivity index (χ2v) is 11.1. The molecule has 1 saturated heterocycles. The van der Waals surface area contributed by atoms with Crippen molar-refractivity contribution in [2.75, 3.05) is 25.0 Å². The summed E-state index contributed by atoms with van der Waals surface area (Å²) in [6.07, 6.45) is 6.18. The molecule has 1 N–H and O–H groups in total. The minimum Gasteiger partial charge on any atom is -0.493 e. The summed E-state index contributed by atoms with van der Waals surface area (Å²) in [4.78, 5) is 21.6. The van der Waals surface area contributed by atoms with Crippen LogP contribution in [0.4, 0.5) is 5.82 Å². The van der Waals surface area contributed by atoms with E-state index in [2.05, 4.69) is 29.6 Å². The largest absolute Gasteiger partial charge is 0.493 e. The highest BCUT2D eigenvalue weighted by Crippen LogP contribution is 2.41. The van der Waals surface area contributed by atoms with Crippen LogP contribution in [0.5, 0.6) is 23.1 Å². The van der Waals surface area contributed by atoms with Gasteiger partial charge in [0.25, 0.3) is 15.9 Å². The number of aromatic nitrogens is 5. The maximum Gasteiger partial charge on any atom is 0.280 e. The third-order valence-electron chi connectivity index (χ3n) is 6.24. The number of anilines is 1. The average molecular weight is 579 g/mol. The molecule has 214 valence electrons. The molecule has 3 aromatic heterocycles. The summed E-state index contributed by atoms with van der Waals surface area (Å²) in [6, 6.07) is 11.7. The average Bonchev–Trinajstić information content (AvgIpc) is 3.51. The van der Waals surface area contributed by atoms with Gasteiger partial charge in [0.15, 0.2) is 28.2 Å². The lowest BCUT2D eigenvalue weighted by molar-refractivity contribution is 0.0654. The molecular weight excluding hydrogens is 548 g/mol. The normalized spacial score (nSPS) is 15.1. The molecule has 1 aromatic carbocycles. The Bertz CT molecular complexity index is 1580. The number of methoxy groups -OCH3 is 1. The Labute approximate surface area is 238 Å². The maximum atomic E-state index is 13.5. The van der Waals surface area contributed by atoms with Crippen LogP contribution < -0.4 is 18.9 Å². The number of hydrogen-bond acceptors (Lipinski definition) is 11. The molecule has 1 aliphatic rings. The van der Waals surface area contributed by atoms with Crippen molar-refractivity contribution in [3.8, 4) is 34.8 Å². The quantitative estimate of drug-likeness (QED) is 0.266. The molecule has 0 aliphatic carbocycles. The Hall–Kier alpha value is -4.36. The second-order valence-electron chi connectivity index (χ2n) is 9.49. The lowest BCUT2D eigenvalue weighted by atomic mass is 10.1. The Balaban J connectivity index is 1.61. The van der Waals surface area contributed by atoms with Crippen LogP contribution in [0.2, 0.25) is 0 Å². The smallest absolute Gasteiger partial charge is 0.280 e. The van der Waals surface area contributed by atoms with E-state index in [1.54, 1.807) is 36.4 Å². The van der Waals surface area contributed by atoms with Crippen molar-refractivity contribution in [3.63, 3.8) is 0 Å². The van der Waals surface area contributed by atoms with Crippen LogP contribution in [-0.2, 0) is 14.8 Å². The fourth-order valence-corrected chi connectivity index (χ4v) is 4.97. The van der Waals surface area contributed by atoms with Crippen LogP contribution in [0.25, 0.3) is 11.6 Å². The summed E-state index contributed by atoms with van der Waals surface area (Å²) in [5.74, 6) is 0.799. The summed E-state index contributed by atoms with van der Waals surface area (Å²) in [5, 5.41) is -0.192. The Morgan fingerprint density at radius 3 is 2.44 bits per heavy atom. The molecule has 13 heteroatoms. The summed E-state index contributed by atoms with van der Waals surface area (Å²) in [7, 11) is -2.72. The number of hydrogen-bond donors (Lipinski definition) is 1. The van der Waals surface area contributed by atoms with Crippen LogP contribution in [0.3, 0.4) is 0 Å². The number of nitrogens with zero attached hydrogens (tertiary/aromatic N) is 5. The summed E-state index contributed by atoms with van der Waals surface area (Å²) in [6.45, 7) is 4.80. The first-order valence-corrected chi connectivity index (χ1v) is 14.6. The van der Waals surface area contributed by atoms with Gasteiger partial charge in [-0.1, -0.05) is 32.0 Å². The first-order chi connectivity index (χ1) is 19.8. The summed E-state index contributed by atoms with van der Waals surface area (Å²) in [5.41, 5.74) is 0.902. The maximum absolute atomic E-state index is 13.5. The van der Waals surface area contributed by atoms with Gasteiger partial charge in [0.1, 0.15) is 6.61 Å². The zero-order valence-corrected chi connectivity index (χ0v) is 23.7. The third kappa shape index (κ3) is 6.69. The number of ether oxygens (including phenoxy) is 4. The Morgan fingerprint density at radius 2 is 1.78 bits per heavy atom. The topological polar surface area (TPSA) is 148 Å². The van der Waals surface area contributed by atoms with Crippen LogP contribution in [0.1, 0.15) is 38.2 Å². The fourth-order valence-electron chi connectivity index (χ4n) is 4.04. The van der Waals surface area contributed by atoms with Crippen molar-refractivity contribution >= 4 is 15.8 Å². The van der Waals surface area contributed by atoms with Gasteiger partial charge in [-0.15, -0.1) is 0 Å². The van der Waals surface area contributed by atoms with Gasteiger partial charge in [0.2, 0.25) is 11.6 Å². The highest BCUT2D eigenvalue weighted by atomic mass is 32.2. The zero-order valence-electron chi connectivity index (χ0n) is 22.9. The molecular formula is C28H30N6O6S. The molecule has 4 aromatic rings. The summed E-state index contributed by atoms with van der Waals surface area (Å²) < 4.78 is 53.0. The molecule has 12 nitrogen and oxygen atoms in total. The molecule has 0 radical (unpaired) electrons. The first kappa shape index (κ1) is 28.2. The van der Waals surface area contributed by atoms with E-state index in [-0.39, 0.29) is 52.8 Å². The number of benzene rings is 1. The van der Waals surface area contributed by atoms with Gasteiger partial charge in [-0.05, 0) is 48.6 Å². The van der Waals surface area contributed by atoms with Crippen molar-refractivity contribution in [2.45, 2.75) is 43.7 Å². The third-order valence-corrected chi connectivity index (χ3v) is 7.50. The minimum atomic E-state index is -4.22. The van der Waals surface area contributed by atoms with Gasteiger partial charge in [-0.2, -0.15) is 13.4 Å².